The van der Waals surface area contributed by atoms with Gasteiger partial charge in [-0.05, 0) is 39.0 Å². The molecule has 2 N–H and O–H groups in total. The Morgan fingerprint density at radius 1 is 1.29 bits per heavy atom. The molecule has 1 amide bonds. The molecule has 0 spiro atoms. The summed E-state index contributed by atoms with van der Waals surface area (Å²) in [5.74, 6) is 0.920. The Kier molecular flexibility index (Phi) is 8.77. The normalized spacial score (nSPS) is 32.2. The Morgan fingerprint density at radius 3 is 2.75 bits per heavy atom. The highest BCUT2D eigenvalue weighted by molar-refractivity contribution is 5.85. The SMILES string of the molecule is CC1(C)COCCN1CCNC(=O)C1CC2CCCCC2N1.Cl.Cl. The van der Waals surface area contributed by atoms with E-state index in [2.05, 4.69) is 29.4 Å². The van der Waals surface area contributed by atoms with Crippen molar-refractivity contribution < 1.29 is 9.53 Å². The highest BCUT2D eigenvalue weighted by Crippen LogP contribution is 2.33. The van der Waals surface area contributed by atoms with Gasteiger partial charge in [-0.3, -0.25) is 9.69 Å². The van der Waals surface area contributed by atoms with Gasteiger partial charge in [0.05, 0.1) is 19.3 Å². The molecule has 2 saturated heterocycles. The summed E-state index contributed by atoms with van der Waals surface area (Å²) in [7, 11) is 0. The molecular weight excluding hydrogens is 349 g/mol. The second kappa shape index (κ2) is 9.58. The number of fused-ring (bicyclic) bond motifs is 1. The number of carbonyl (C=O) groups excluding carboxylic acids is 1. The molecule has 3 fully saturated rings. The van der Waals surface area contributed by atoms with Gasteiger partial charge in [-0.2, -0.15) is 0 Å². The summed E-state index contributed by atoms with van der Waals surface area (Å²) in [6.07, 6.45) is 6.22. The van der Waals surface area contributed by atoms with E-state index in [1.807, 2.05) is 0 Å². The van der Waals surface area contributed by atoms with Gasteiger partial charge in [0, 0.05) is 31.2 Å². The smallest absolute Gasteiger partial charge is 0.237 e. The summed E-state index contributed by atoms with van der Waals surface area (Å²) in [5.41, 5.74) is 0.0729. The molecule has 0 aromatic carbocycles. The molecule has 1 saturated carbocycles. The van der Waals surface area contributed by atoms with E-state index in [4.69, 9.17) is 4.74 Å². The molecule has 0 aromatic heterocycles. The highest BCUT2D eigenvalue weighted by Gasteiger charge is 2.38. The topological polar surface area (TPSA) is 53.6 Å². The molecule has 0 bridgehead atoms. The van der Waals surface area contributed by atoms with Crippen molar-refractivity contribution in [3.8, 4) is 0 Å². The van der Waals surface area contributed by atoms with Crippen molar-refractivity contribution in [2.45, 2.75) is 63.6 Å². The maximum atomic E-state index is 12.4. The monoisotopic (exact) mass is 381 g/mol. The third-order valence-corrected chi connectivity index (χ3v) is 5.68. The van der Waals surface area contributed by atoms with Crippen molar-refractivity contribution in [1.29, 1.82) is 0 Å². The van der Waals surface area contributed by atoms with Crippen LogP contribution in [-0.2, 0) is 9.53 Å². The number of ether oxygens (including phenoxy) is 1. The number of rotatable bonds is 4. The zero-order valence-corrected chi connectivity index (χ0v) is 16.5. The van der Waals surface area contributed by atoms with Crippen LogP contribution < -0.4 is 10.6 Å². The van der Waals surface area contributed by atoms with Gasteiger partial charge in [-0.25, -0.2) is 0 Å². The number of halogens is 2. The molecule has 2 aliphatic heterocycles. The van der Waals surface area contributed by atoms with Gasteiger partial charge in [-0.1, -0.05) is 12.8 Å². The van der Waals surface area contributed by atoms with E-state index in [0.717, 1.165) is 45.2 Å². The molecular formula is C17H33Cl2N3O2. The van der Waals surface area contributed by atoms with Gasteiger partial charge in [0.15, 0.2) is 0 Å². The highest BCUT2D eigenvalue weighted by atomic mass is 35.5. The summed E-state index contributed by atoms with van der Waals surface area (Å²) in [6, 6.07) is 0.619. The standard InChI is InChI=1S/C17H31N3O2.2ClH/c1-17(2)12-22-10-9-20(17)8-7-18-16(21)15-11-13-5-3-4-6-14(13)19-15;;/h13-15,19H,3-12H2,1-2H3,(H,18,21);2*1H. The zero-order chi connectivity index (χ0) is 15.6. The molecule has 24 heavy (non-hydrogen) atoms. The third kappa shape index (κ3) is 5.21. The molecule has 0 aromatic rings. The number of nitrogens with one attached hydrogen (secondary N) is 2. The van der Waals surface area contributed by atoms with Crippen LogP contribution in [0.25, 0.3) is 0 Å². The number of morpholine rings is 1. The Morgan fingerprint density at radius 2 is 2.04 bits per heavy atom. The average molecular weight is 382 g/mol. The summed E-state index contributed by atoms with van der Waals surface area (Å²) in [4.78, 5) is 14.8. The largest absolute Gasteiger partial charge is 0.378 e. The van der Waals surface area contributed by atoms with E-state index in [0.29, 0.717) is 6.04 Å². The predicted molar refractivity (Wildman–Crippen MR) is 101 cm³/mol. The number of amides is 1. The summed E-state index contributed by atoms with van der Waals surface area (Å²) < 4.78 is 5.54. The first kappa shape index (κ1) is 22.0. The minimum Gasteiger partial charge on any atom is -0.378 e. The van der Waals surface area contributed by atoms with Gasteiger partial charge in [0.1, 0.15) is 0 Å². The first-order chi connectivity index (χ1) is 10.6. The van der Waals surface area contributed by atoms with Gasteiger partial charge >= 0.3 is 0 Å². The fraction of sp³-hybridized carbons (Fsp3) is 0.941. The molecule has 1 aliphatic carbocycles. The lowest BCUT2D eigenvalue weighted by atomic mass is 9.85. The molecule has 0 radical (unpaired) electrons. The molecule has 142 valence electrons. The van der Waals surface area contributed by atoms with Crippen LogP contribution in [0.15, 0.2) is 0 Å². The van der Waals surface area contributed by atoms with Gasteiger partial charge in [0.25, 0.3) is 0 Å². The Hall–Kier alpha value is -0.0700. The van der Waals surface area contributed by atoms with Crippen molar-refractivity contribution in [1.82, 2.24) is 15.5 Å². The van der Waals surface area contributed by atoms with Crippen LogP contribution in [0, 0.1) is 5.92 Å². The lowest BCUT2D eigenvalue weighted by Gasteiger charge is -2.42. The lowest BCUT2D eigenvalue weighted by Crippen LogP contribution is -2.55. The second-order valence-electron chi connectivity index (χ2n) is 7.75. The van der Waals surface area contributed by atoms with Crippen molar-refractivity contribution in [3.05, 3.63) is 0 Å². The minimum absolute atomic E-state index is 0. The van der Waals surface area contributed by atoms with Crippen LogP contribution >= 0.6 is 24.8 Å². The van der Waals surface area contributed by atoms with Crippen molar-refractivity contribution >= 4 is 30.7 Å². The maximum Gasteiger partial charge on any atom is 0.237 e. The van der Waals surface area contributed by atoms with Crippen LogP contribution in [0.3, 0.4) is 0 Å². The van der Waals surface area contributed by atoms with Crippen molar-refractivity contribution in [2.75, 3.05) is 32.8 Å². The van der Waals surface area contributed by atoms with E-state index in [-0.39, 0.29) is 42.3 Å². The van der Waals surface area contributed by atoms with Gasteiger partial charge < -0.3 is 15.4 Å². The van der Waals surface area contributed by atoms with Crippen LogP contribution in [0.1, 0.15) is 46.0 Å². The van der Waals surface area contributed by atoms with Gasteiger partial charge in [-0.15, -0.1) is 24.8 Å². The third-order valence-electron chi connectivity index (χ3n) is 5.68. The summed E-state index contributed by atoms with van der Waals surface area (Å²) in [5, 5.41) is 6.69. The molecule has 2 heterocycles. The fourth-order valence-electron chi connectivity index (χ4n) is 4.26. The van der Waals surface area contributed by atoms with Crippen LogP contribution in [0.5, 0.6) is 0 Å². The fourth-order valence-corrected chi connectivity index (χ4v) is 4.26. The Labute approximate surface area is 158 Å². The van der Waals surface area contributed by atoms with E-state index in [9.17, 15) is 4.79 Å². The predicted octanol–water partition coefficient (Wildman–Crippen LogP) is 1.98. The molecule has 3 aliphatic rings. The minimum atomic E-state index is 0. The number of nitrogens with zero attached hydrogens (tertiary/aromatic N) is 1. The van der Waals surface area contributed by atoms with E-state index in [1.54, 1.807) is 0 Å². The molecule has 7 heteroatoms. The average Bonchev–Trinajstić information content (AvgIpc) is 2.92. The maximum absolute atomic E-state index is 12.4. The quantitative estimate of drug-likeness (QED) is 0.781. The first-order valence-corrected chi connectivity index (χ1v) is 8.93. The summed E-state index contributed by atoms with van der Waals surface area (Å²) >= 11 is 0. The van der Waals surface area contributed by atoms with Crippen LogP contribution in [0.4, 0.5) is 0 Å². The van der Waals surface area contributed by atoms with E-state index in [1.165, 1.54) is 25.7 Å². The van der Waals surface area contributed by atoms with Crippen molar-refractivity contribution in [3.63, 3.8) is 0 Å². The van der Waals surface area contributed by atoms with Crippen LogP contribution in [0.2, 0.25) is 0 Å². The van der Waals surface area contributed by atoms with E-state index >= 15 is 0 Å². The summed E-state index contributed by atoms with van der Waals surface area (Å²) in [6.45, 7) is 8.57. The van der Waals surface area contributed by atoms with Gasteiger partial charge in [0.2, 0.25) is 5.91 Å². The lowest BCUT2D eigenvalue weighted by molar-refractivity contribution is -0.123. The number of hydrogen-bond donors (Lipinski definition) is 2. The van der Waals surface area contributed by atoms with Crippen molar-refractivity contribution in [2.24, 2.45) is 5.92 Å². The molecule has 5 nitrogen and oxygen atoms in total. The Balaban J connectivity index is 0.00000144. The molecule has 3 unspecified atom stereocenters. The van der Waals surface area contributed by atoms with E-state index < -0.39 is 0 Å². The molecule has 3 rings (SSSR count). The molecule has 3 atom stereocenters. The Bertz CT molecular complexity index is 395. The second-order valence-corrected chi connectivity index (χ2v) is 7.75. The first-order valence-electron chi connectivity index (χ1n) is 8.93. The zero-order valence-electron chi connectivity index (χ0n) is 14.9. The number of carbonyl (C=O) groups is 1. The van der Waals surface area contributed by atoms with Crippen LogP contribution in [-0.4, -0.2) is 61.3 Å². The number of hydrogen-bond acceptors (Lipinski definition) is 4.